The number of nitrogens with one attached hydrogen (secondary N) is 2. The molecule has 0 saturated carbocycles. The molecule has 4 amide bonds. The standard InChI is InChI=1S/C7H12N4O2S2/c1-7-4(10(2-14)5(12)8-7)11(3-15)6(13)9-7/h4,14-15H,2-3H2,1H3,(H,8,12)(H,9,13). The van der Waals surface area contributed by atoms with Crippen molar-refractivity contribution >= 4 is 37.3 Å². The first-order chi connectivity index (χ1) is 7.03. The van der Waals surface area contributed by atoms with Gasteiger partial charge in [0.05, 0.1) is 11.8 Å². The van der Waals surface area contributed by atoms with Crippen molar-refractivity contribution in [2.24, 2.45) is 0 Å². The molecule has 15 heavy (non-hydrogen) atoms. The van der Waals surface area contributed by atoms with Crippen LogP contribution < -0.4 is 10.6 Å². The molecule has 2 aliphatic heterocycles. The highest BCUT2D eigenvalue weighted by molar-refractivity contribution is 7.80. The Labute approximate surface area is 98.2 Å². The van der Waals surface area contributed by atoms with Crippen LogP contribution in [0.5, 0.6) is 0 Å². The molecule has 0 aromatic heterocycles. The molecule has 6 nitrogen and oxygen atoms in total. The van der Waals surface area contributed by atoms with Crippen LogP contribution in [0.25, 0.3) is 0 Å². The number of hydrogen-bond donors (Lipinski definition) is 4. The third kappa shape index (κ3) is 1.35. The van der Waals surface area contributed by atoms with Crippen LogP contribution in [0.15, 0.2) is 0 Å². The van der Waals surface area contributed by atoms with Crippen LogP contribution in [-0.2, 0) is 0 Å². The van der Waals surface area contributed by atoms with E-state index in [0.29, 0.717) is 0 Å². The molecule has 2 N–H and O–H groups in total. The van der Waals surface area contributed by atoms with E-state index in [1.165, 1.54) is 9.80 Å². The summed E-state index contributed by atoms with van der Waals surface area (Å²) in [4.78, 5) is 26.1. The molecule has 0 aliphatic carbocycles. The fourth-order valence-electron chi connectivity index (χ4n) is 2.05. The van der Waals surface area contributed by atoms with E-state index < -0.39 is 5.66 Å². The van der Waals surface area contributed by atoms with E-state index in [1.54, 1.807) is 6.92 Å². The number of hydrogen-bond acceptors (Lipinski definition) is 4. The van der Waals surface area contributed by atoms with Crippen molar-refractivity contribution in [3.05, 3.63) is 0 Å². The van der Waals surface area contributed by atoms with Crippen LogP contribution in [0.4, 0.5) is 9.59 Å². The number of fused-ring (bicyclic) bond motifs is 1. The number of urea groups is 2. The zero-order chi connectivity index (χ0) is 11.2. The SMILES string of the molecule is CC12NC(=O)N(CS)C1N(CS)C(=O)N2. The van der Waals surface area contributed by atoms with Crippen LogP contribution in [0, 0.1) is 0 Å². The predicted molar refractivity (Wildman–Crippen MR) is 60.6 cm³/mol. The summed E-state index contributed by atoms with van der Waals surface area (Å²) < 4.78 is 0. The summed E-state index contributed by atoms with van der Waals surface area (Å²) in [6, 6.07) is -0.464. The first-order valence-corrected chi connectivity index (χ1v) is 5.69. The van der Waals surface area contributed by atoms with Gasteiger partial charge in [0.1, 0.15) is 0 Å². The number of rotatable bonds is 2. The summed E-state index contributed by atoms with van der Waals surface area (Å²) in [5.41, 5.74) is -0.750. The maximum atomic E-state index is 11.6. The minimum Gasteiger partial charge on any atom is -0.312 e. The number of nitrogens with zero attached hydrogens (tertiary/aromatic N) is 2. The average Bonchev–Trinajstić information content (AvgIpc) is 2.52. The Morgan fingerprint density at radius 1 is 1.20 bits per heavy atom. The zero-order valence-corrected chi connectivity index (χ0v) is 9.89. The summed E-state index contributed by atoms with van der Waals surface area (Å²) in [5, 5.41) is 5.44. The lowest BCUT2D eigenvalue weighted by Gasteiger charge is -2.29. The van der Waals surface area contributed by atoms with E-state index in [2.05, 4.69) is 35.9 Å². The van der Waals surface area contributed by atoms with Crippen LogP contribution >= 0.6 is 25.3 Å². The predicted octanol–water partition coefficient (Wildman–Crippen LogP) is -0.146. The van der Waals surface area contributed by atoms with Gasteiger partial charge in [0.15, 0.2) is 11.8 Å². The lowest BCUT2D eigenvalue weighted by molar-refractivity contribution is 0.139. The fraction of sp³-hybridized carbons (Fsp3) is 0.714. The largest absolute Gasteiger partial charge is 0.321 e. The van der Waals surface area contributed by atoms with E-state index in [1.807, 2.05) is 0 Å². The molecular weight excluding hydrogens is 236 g/mol. The van der Waals surface area contributed by atoms with Crippen molar-refractivity contribution in [1.29, 1.82) is 0 Å². The molecule has 2 fully saturated rings. The first kappa shape index (κ1) is 10.7. The van der Waals surface area contributed by atoms with Gasteiger partial charge in [-0.05, 0) is 6.92 Å². The van der Waals surface area contributed by atoms with Gasteiger partial charge in [0.2, 0.25) is 0 Å². The summed E-state index contributed by atoms with van der Waals surface area (Å²) >= 11 is 8.15. The van der Waals surface area contributed by atoms with Crippen molar-refractivity contribution < 1.29 is 9.59 Å². The van der Waals surface area contributed by atoms with E-state index >= 15 is 0 Å². The maximum absolute atomic E-state index is 11.6. The molecule has 2 saturated heterocycles. The molecule has 0 bridgehead atoms. The molecule has 0 spiro atoms. The van der Waals surface area contributed by atoms with Crippen molar-refractivity contribution in [2.75, 3.05) is 11.8 Å². The summed E-state index contributed by atoms with van der Waals surface area (Å²) in [6.07, 6.45) is -0.368. The van der Waals surface area contributed by atoms with Gasteiger partial charge in [-0.3, -0.25) is 9.80 Å². The van der Waals surface area contributed by atoms with E-state index in [9.17, 15) is 9.59 Å². The Morgan fingerprint density at radius 2 is 1.60 bits per heavy atom. The highest BCUT2D eigenvalue weighted by Gasteiger charge is 2.57. The molecule has 0 aromatic rings. The van der Waals surface area contributed by atoms with Gasteiger partial charge in [-0.15, -0.1) is 0 Å². The van der Waals surface area contributed by atoms with Gasteiger partial charge >= 0.3 is 12.1 Å². The van der Waals surface area contributed by atoms with Crippen molar-refractivity contribution in [3.63, 3.8) is 0 Å². The van der Waals surface area contributed by atoms with Crippen LogP contribution in [-0.4, -0.2) is 45.4 Å². The topological polar surface area (TPSA) is 64.7 Å². The average molecular weight is 248 g/mol. The Kier molecular flexibility index (Phi) is 2.42. The summed E-state index contributed by atoms with van der Waals surface area (Å²) in [7, 11) is 0. The monoisotopic (exact) mass is 248 g/mol. The molecule has 0 aromatic carbocycles. The van der Waals surface area contributed by atoms with Gasteiger partial charge in [-0.2, -0.15) is 25.3 Å². The molecule has 2 heterocycles. The number of amides is 4. The van der Waals surface area contributed by atoms with E-state index in [-0.39, 0.29) is 30.0 Å². The third-order valence-corrected chi connectivity index (χ3v) is 3.28. The lowest BCUT2D eigenvalue weighted by atomic mass is 10.2. The first-order valence-electron chi connectivity index (χ1n) is 4.43. The molecule has 0 radical (unpaired) electrons. The Morgan fingerprint density at radius 3 is 1.93 bits per heavy atom. The molecule has 8 heteroatoms. The van der Waals surface area contributed by atoms with Crippen LogP contribution in [0.2, 0.25) is 0 Å². The van der Waals surface area contributed by atoms with E-state index in [4.69, 9.17) is 0 Å². The minimum absolute atomic E-state index is 0.232. The Hall–Kier alpha value is -0.760. The Balaban J connectivity index is 2.35. The quantitative estimate of drug-likeness (QED) is 0.514. The van der Waals surface area contributed by atoms with Crippen LogP contribution in [0.3, 0.4) is 0 Å². The lowest BCUT2D eigenvalue weighted by Crippen LogP contribution is -2.54. The second-order valence-electron chi connectivity index (χ2n) is 3.66. The number of carbonyl (C=O) groups is 2. The second kappa shape index (κ2) is 3.38. The van der Waals surface area contributed by atoms with Gasteiger partial charge in [-0.1, -0.05) is 0 Å². The third-order valence-electron chi connectivity index (χ3n) is 2.67. The van der Waals surface area contributed by atoms with Gasteiger partial charge in [0, 0.05) is 0 Å². The van der Waals surface area contributed by atoms with Crippen molar-refractivity contribution in [3.8, 4) is 0 Å². The summed E-state index contributed by atoms with van der Waals surface area (Å²) in [6.45, 7) is 1.76. The van der Waals surface area contributed by atoms with Gasteiger partial charge in [0.25, 0.3) is 0 Å². The second-order valence-corrected chi connectivity index (χ2v) is 4.22. The molecule has 84 valence electrons. The number of thiol groups is 2. The van der Waals surface area contributed by atoms with Gasteiger partial charge in [-0.25, -0.2) is 9.59 Å². The maximum Gasteiger partial charge on any atom is 0.321 e. The zero-order valence-electron chi connectivity index (χ0n) is 8.10. The fourth-order valence-corrected chi connectivity index (χ4v) is 2.61. The van der Waals surface area contributed by atoms with Crippen molar-refractivity contribution in [2.45, 2.75) is 18.8 Å². The van der Waals surface area contributed by atoms with Gasteiger partial charge < -0.3 is 10.6 Å². The molecule has 2 rings (SSSR count). The highest BCUT2D eigenvalue weighted by atomic mass is 32.1. The molecule has 0 unspecified atom stereocenters. The van der Waals surface area contributed by atoms with Crippen LogP contribution in [0.1, 0.15) is 6.92 Å². The normalized spacial score (nSPS) is 34.2. The Bertz CT molecular complexity index is 298. The number of carbonyl (C=O) groups excluding carboxylic acids is 2. The minimum atomic E-state index is -0.750. The van der Waals surface area contributed by atoms with E-state index in [0.717, 1.165) is 0 Å². The summed E-state index contributed by atoms with van der Waals surface area (Å²) in [5.74, 6) is 0.511. The molecule has 0 atom stereocenters. The molecule has 2 aliphatic rings. The smallest absolute Gasteiger partial charge is 0.312 e. The highest BCUT2D eigenvalue weighted by Crippen LogP contribution is 2.30. The van der Waals surface area contributed by atoms with Crippen molar-refractivity contribution in [1.82, 2.24) is 20.4 Å². The molecular formula is C7H12N4O2S2.